The van der Waals surface area contributed by atoms with E-state index >= 15 is 0 Å². The van der Waals surface area contributed by atoms with Crippen molar-refractivity contribution in [2.24, 2.45) is 0 Å². The third-order valence-corrected chi connectivity index (χ3v) is 2.48. The number of aromatic carboxylic acids is 1. The zero-order chi connectivity index (χ0) is 12.4. The Morgan fingerprint density at radius 2 is 1.72 bits per heavy atom. The van der Waals surface area contributed by atoms with Gasteiger partial charge in [0.1, 0.15) is 0 Å². The van der Waals surface area contributed by atoms with Gasteiger partial charge in [0.2, 0.25) is 0 Å². The molecule has 5 N–H and O–H groups in total. The van der Waals surface area contributed by atoms with Crippen LogP contribution in [0.15, 0.2) is 42.5 Å². The number of hydrogen-bond acceptors (Lipinski definition) is 3. The van der Waals surface area contributed by atoms with E-state index in [1.807, 2.05) is 30.3 Å². The maximum absolute atomic E-state index is 11.2. The van der Waals surface area contributed by atoms with Crippen LogP contribution in [0.3, 0.4) is 0 Å². The van der Waals surface area contributed by atoms with Crippen LogP contribution < -0.4 is 62.9 Å². The molecule has 0 saturated heterocycles. The first-order chi connectivity index (χ1) is 8.09. The Morgan fingerprint density at radius 1 is 1.11 bits per heavy atom. The summed E-state index contributed by atoms with van der Waals surface area (Å²) < 4.78 is 0. The van der Waals surface area contributed by atoms with Gasteiger partial charge in [-0.1, -0.05) is 30.3 Å². The van der Waals surface area contributed by atoms with Crippen LogP contribution in [0.4, 0.5) is 11.4 Å². The number of rotatable bonds is 2. The van der Waals surface area contributed by atoms with Crippen molar-refractivity contribution in [1.82, 2.24) is 0 Å². The predicted molar refractivity (Wildman–Crippen MR) is 68.8 cm³/mol. The molecular formula is C13H13KN2O2. The molecular weight excluding hydrogens is 255 g/mol. The van der Waals surface area contributed by atoms with Gasteiger partial charge in [-0.2, -0.15) is 0 Å². The molecule has 0 aromatic heterocycles. The van der Waals surface area contributed by atoms with Crippen molar-refractivity contribution < 1.29 is 62.7 Å². The summed E-state index contributed by atoms with van der Waals surface area (Å²) in [5.41, 5.74) is 13.6. The van der Waals surface area contributed by atoms with E-state index in [2.05, 4.69) is 0 Å². The van der Waals surface area contributed by atoms with Crippen LogP contribution in [0.25, 0.3) is 11.1 Å². The first-order valence-corrected chi connectivity index (χ1v) is 5.07. The SMILES string of the molecule is Nc1cc(N)c(-c2ccccc2)c(C(=O)O)c1.[H-].[K+]. The maximum atomic E-state index is 11.2. The number of hydrogen-bond donors (Lipinski definition) is 3. The minimum atomic E-state index is -1.04. The van der Waals surface area contributed by atoms with Gasteiger partial charge < -0.3 is 18.0 Å². The van der Waals surface area contributed by atoms with Gasteiger partial charge in [0.05, 0.1) is 5.56 Å². The fraction of sp³-hybridized carbons (Fsp3) is 0. The number of anilines is 2. The van der Waals surface area contributed by atoms with Gasteiger partial charge in [-0.3, -0.25) is 0 Å². The van der Waals surface area contributed by atoms with Gasteiger partial charge in [0.25, 0.3) is 0 Å². The number of benzene rings is 2. The number of carboxylic acid groups (broad SMARTS) is 1. The number of nitrogens with two attached hydrogens (primary N) is 2. The topological polar surface area (TPSA) is 89.3 Å². The average Bonchev–Trinajstić information content (AvgIpc) is 2.29. The van der Waals surface area contributed by atoms with Crippen LogP contribution in [0, 0.1) is 0 Å². The van der Waals surface area contributed by atoms with Crippen molar-refractivity contribution in [3.63, 3.8) is 0 Å². The molecule has 0 saturated carbocycles. The van der Waals surface area contributed by atoms with Crippen molar-refractivity contribution in [3.8, 4) is 11.1 Å². The van der Waals surface area contributed by atoms with E-state index in [1.54, 1.807) is 6.07 Å². The molecule has 2 aromatic rings. The molecule has 2 aromatic carbocycles. The van der Waals surface area contributed by atoms with Crippen LogP contribution in [0.5, 0.6) is 0 Å². The zero-order valence-corrected chi connectivity index (χ0v) is 13.2. The Bertz CT molecular complexity index is 576. The normalized spacial score (nSPS) is 9.56. The summed E-state index contributed by atoms with van der Waals surface area (Å²) in [7, 11) is 0. The Labute approximate surface area is 149 Å². The summed E-state index contributed by atoms with van der Waals surface area (Å²) in [4.78, 5) is 11.2. The average molecular weight is 268 g/mol. The molecule has 0 bridgehead atoms. The molecule has 0 aliphatic heterocycles. The first-order valence-electron chi connectivity index (χ1n) is 5.07. The Morgan fingerprint density at radius 3 is 2.28 bits per heavy atom. The molecule has 0 amide bonds. The van der Waals surface area contributed by atoms with E-state index in [9.17, 15) is 4.79 Å². The molecule has 0 fully saturated rings. The molecule has 18 heavy (non-hydrogen) atoms. The van der Waals surface area contributed by atoms with Crippen molar-refractivity contribution in [3.05, 3.63) is 48.0 Å². The molecule has 5 heteroatoms. The fourth-order valence-electron chi connectivity index (χ4n) is 1.78. The molecule has 0 radical (unpaired) electrons. The number of carbonyl (C=O) groups is 1. The minimum Gasteiger partial charge on any atom is -1.00 e. The Balaban J connectivity index is 0.00000162. The van der Waals surface area contributed by atoms with Crippen LogP contribution in [0.1, 0.15) is 11.8 Å². The van der Waals surface area contributed by atoms with Crippen LogP contribution in [0.2, 0.25) is 0 Å². The van der Waals surface area contributed by atoms with Gasteiger partial charge in [-0.15, -0.1) is 0 Å². The largest absolute Gasteiger partial charge is 1.00 e. The summed E-state index contributed by atoms with van der Waals surface area (Å²) >= 11 is 0. The van der Waals surface area contributed by atoms with Crippen molar-refractivity contribution >= 4 is 17.3 Å². The molecule has 0 atom stereocenters. The van der Waals surface area contributed by atoms with Crippen molar-refractivity contribution in [2.45, 2.75) is 0 Å². The molecule has 0 spiro atoms. The van der Waals surface area contributed by atoms with Gasteiger partial charge in [-0.25, -0.2) is 4.79 Å². The van der Waals surface area contributed by atoms with Crippen molar-refractivity contribution in [2.75, 3.05) is 11.5 Å². The first kappa shape index (κ1) is 15.2. The quantitative estimate of drug-likeness (QED) is 0.498. The molecule has 2 rings (SSSR count). The summed E-state index contributed by atoms with van der Waals surface area (Å²) in [5, 5.41) is 9.16. The van der Waals surface area contributed by atoms with Gasteiger partial charge in [0, 0.05) is 16.9 Å². The van der Waals surface area contributed by atoms with Crippen molar-refractivity contribution in [1.29, 1.82) is 0 Å². The van der Waals surface area contributed by atoms with Gasteiger partial charge in [0.15, 0.2) is 0 Å². The summed E-state index contributed by atoms with van der Waals surface area (Å²) in [5.74, 6) is -1.04. The van der Waals surface area contributed by atoms with E-state index in [0.29, 0.717) is 16.9 Å². The number of nitrogen functional groups attached to an aromatic ring is 2. The molecule has 4 nitrogen and oxygen atoms in total. The molecule has 0 heterocycles. The smallest absolute Gasteiger partial charge is 1.00 e. The van der Waals surface area contributed by atoms with Gasteiger partial charge in [-0.05, 0) is 17.7 Å². The van der Waals surface area contributed by atoms with Crippen LogP contribution in [-0.4, -0.2) is 11.1 Å². The second kappa shape index (κ2) is 6.35. The molecule has 88 valence electrons. The van der Waals surface area contributed by atoms with E-state index in [4.69, 9.17) is 16.6 Å². The molecule has 0 unspecified atom stereocenters. The predicted octanol–water partition coefficient (Wildman–Crippen LogP) is -0.667. The zero-order valence-electron chi connectivity index (χ0n) is 11.1. The number of carboxylic acids is 1. The second-order valence-corrected chi connectivity index (χ2v) is 3.70. The van der Waals surface area contributed by atoms with Crippen LogP contribution in [-0.2, 0) is 0 Å². The van der Waals surface area contributed by atoms with E-state index in [1.165, 1.54) is 6.07 Å². The third-order valence-electron chi connectivity index (χ3n) is 2.48. The fourth-order valence-corrected chi connectivity index (χ4v) is 1.78. The minimum absolute atomic E-state index is 0. The molecule has 0 aliphatic rings. The monoisotopic (exact) mass is 268 g/mol. The molecule has 0 aliphatic carbocycles. The Kier molecular flexibility index (Phi) is 5.37. The van der Waals surface area contributed by atoms with E-state index < -0.39 is 5.97 Å². The Hall–Kier alpha value is -0.854. The maximum Gasteiger partial charge on any atom is 1.00 e. The summed E-state index contributed by atoms with van der Waals surface area (Å²) in [6, 6.07) is 12.1. The van der Waals surface area contributed by atoms with Crippen LogP contribution >= 0.6 is 0 Å². The third kappa shape index (κ3) is 3.12. The van der Waals surface area contributed by atoms with Gasteiger partial charge >= 0.3 is 57.4 Å². The van der Waals surface area contributed by atoms with E-state index in [0.717, 1.165) is 5.56 Å². The summed E-state index contributed by atoms with van der Waals surface area (Å²) in [6.07, 6.45) is 0. The van der Waals surface area contributed by atoms with E-state index in [-0.39, 0.29) is 58.4 Å². The summed E-state index contributed by atoms with van der Waals surface area (Å²) in [6.45, 7) is 0. The second-order valence-electron chi connectivity index (χ2n) is 3.70. The standard InChI is InChI=1S/C13H12N2O2.K.H/c14-9-6-10(13(16)17)12(11(15)7-9)8-4-2-1-3-5-8;;/h1-7H,14-15H2,(H,16,17);;/q;+1;-1.